The van der Waals surface area contributed by atoms with Crippen LogP contribution in [0.25, 0.3) is 0 Å². The molecule has 2 atom stereocenters. The number of fused-ring (bicyclic) bond motifs is 1. The smallest absolute Gasteiger partial charge is 0.220 e. The Hall–Kier alpha value is -2.13. The monoisotopic (exact) mass is 297 g/mol. The van der Waals surface area contributed by atoms with Crippen LogP contribution in [0.2, 0.25) is 0 Å². The van der Waals surface area contributed by atoms with Gasteiger partial charge in [-0.3, -0.25) is 4.79 Å². The van der Waals surface area contributed by atoms with E-state index in [1.807, 2.05) is 54.6 Å². The quantitative estimate of drug-likeness (QED) is 0.911. The average molecular weight is 297 g/mol. The van der Waals surface area contributed by atoms with Gasteiger partial charge in [0.25, 0.3) is 0 Å². The van der Waals surface area contributed by atoms with Crippen molar-refractivity contribution < 1.29 is 9.90 Å². The molecule has 3 rings (SSSR count). The molecule has 0 aliphatic heterocycles. The largest absolute Gasteiger partial charge is 0.390 e. The summed E-state index contributed by atoms with van der Waals surface area (Å²) in [6.45, 7) is 0. The van der Waals surface area contributed by atoms with Crippen molar-refractivity contribution >= 4 is 5.91 Å². The second kappa shape index (κ2) is 7.23. The van der Waals surface area contributed by atoms with Gasteiger partial charge in [-0.1, -0.05) is 62.0 Å². The maximum absolute atomic E-state index is 12.1. The van der Waals surface area contributed by atoms with Gasteiger partial charge in [0.1, 0.15) is 0 Å². The number of amides is 1. The van der Waals surface area contributed by atoms with E-state index in [4.69, 9.17) is 0 Å². The normalized spacial score (nSPS) is 19.1. The topological polar surface area (TPSA) is 49.3 Å². The zero-order chi connectivity index (χ0) is 14.7. The van der Waals surface area contributed by atoms with Crippen LogP contribution in [0, 0.1) is 0 Å². The number of hydrogen-bond donors (Lipinski definition) is 2. The van der Waals surface area contributed by atoms with Crippen LogP contribution in [0.4, 0.5) is 0 Å². The molecular weight excluding hydrogens is 274 g/mol. The highest BCUT2D eigenvalue weighted by molar-refractivity contribution is 5.77. The molecular formula is C19H23NO2. The Bertz CT molecular complexity index is 624. The molecule has 0 radical (unpaired) electrons. The van der Waals surface area contributed by atoms with E-state index in [0.29, 0.717) is 12.8 Å². The second-order valence-electron chi connectivity index (χ2n) is 5.50. The number of benzene rings is 2. The van der Waals surface area contributed by atoms with E-state index < -0.39 is 6.10 Å². The second-order valence-corrected chi connectivity index (χ2v) is 5.50. The van der Waals surface area contributed by atoms with E-state index in [0.717, 1.165) is 23.1 Å². The number of carbonyl (C=O) groups is 1. The van der Waals surface area contributed by atoms with Crippen molar-refractivity contribution in [2.45, 2.75) is 38.8 Å². The summed E-state index contributed by atoms with van der Waals surface area (Å²) >= 11 is 0. The fourth-order valence-electron chi connectivity index (χ4n) is 2.90. The van der Waals surface area contributed by atoms with Crippen LogP contribution in [-0.4, -0.2) is 17.1 Å². The number of hydrogen-bond acceptors (Lipinski definition) is 2. The van der Waals surface area contributed by atoms with Gasteiger partial charge in [0.2, 0.25) is 5.91 Å². The van der Waals surface area contributed by atoms with Crippen LogP contribution in [0.15, 0.2) is 54.6 Å². The summed E-state index contributed by atoms with van der Waals surface area (Å²) in [6.07, 6.45) is 1.25. The van der Waals surface area contributed by atoms with Crippen molar-refractivity contribution in [3.63, 3.8) is 0 Å². The lowest BCUT2D eigenvalue weighted by molar-refractivity contribution is -0.122. The third-order valence-electron chi connectivity index (χ3n) is 4.00. The SMILES string of the molecule is C.O=C(CCc1ccccc1)N[C@H]1c2ccccc2C[C@H]1O. The lowest BCUT2D eigenvalue weighted by Gasteiger charge is -2.18. The third kappa shape index (κ3) is 3.55. The van der Waals surface area contributed by atoms with Crippen LogP contribution in [0.5, 0.6) is 0 Å². The third-order valence-corrected chi connectivity index (χ3v) is 4.00. The summed E-state index contributed by atoms with van der Waals surface area (Å²) in [4.78, 5) is 12.1. The number of aliphatic hydroxyl groups is 1. The fourth-order valence-corrected chi connectivity index (χ4v) is 2.90. The van der Waals surface area contributed by atoms with Crippen LogP contribution in [-0.2, 0) is 17.6 Å². The minimum absolute atomic E-state index is 0. The number of rotatable bonds is 4. The number of carbonyl (C=O) groups excluding carboxylic acids is 1. The number of aryl methyl sites for hydroxylation is 1. The van der Waals surface area contributed by atoms with E-state index in [1.165, 1.54) is 0 Å². The molecule has 0 unspecified atom stereocenters. The molecule has 1 amide bonds. The van der Waals surface area contributed by atoms with Gasteiger partial charge in [-0.05, 0) is 23.1 Å². The molecule has 0 spiro atoms. The van der Waals surface area contributed by atoms with E-state index in [1.54, 1.807) is 0 Å². The van der Waals surface area contributed by atoms with Crippen molar-refractivity contribution in [3.8, 4) is 0 Å². The van der Waals surface area contributed by atoms with Gasteiger partial charge in [0.15, 0.2) is 0 Å². The Labute approximate surface area is 132 Å². The molecule has 3 heteroatoms. The lowest BCUT2D eigenvalue weighted by Crippen LogP contribution is -2.33. The Morgan fingerprint density at radius 3 is 2.55 bits per heavy atom. The Morgan fingerprint density at radius 2 is 1.77 bits per heavy atom. The molecule has 3 nitrogen and oxygen atoms in total. The molecule has 2 aromatic rings. The maximum Gasteiger partial charge on any atom is 0.220 e. The van der Waals surface area contributed by atoms with Crippen LogP contribution in [0.1, 0.15) is 36.6 Å². The van der Waals surface area contributed by atoms with Gasteiger partial charge in [-0.2, -0.15) is 0 Å². The molecule has 0 heterocycles. The summed E-state index contributed by atoms with van der Waals surface area (Å²) in [5.74, 6) is -0.0143. The zero-order valence-electron chi connectivity index (χ0n) is 11.8. The Kier molecular flexibility index (Phi) is 5.34. The van der Waals surface area contributed by atoms with E-state index >= 15 is 0 Å². The van der Waals surface area contributed by atoms with E-state index in [-0.39, 0.29) is 19.4 Å². The first-order valence-corrected chi connectivity index (χ1v) is 7.33. The number of aliphatic hydroxyl groups excluding tert-OH is 1. The lowest BCUT2D eigenvalue weighted by atomic mass is 10.1. The molecule has 0 bridgehead atoms. The molecule has 0 aromatic heterocycles. The highest BCUT2D eigenvalue weighted by atomic mass is 16.3. The van der Waals surface area contributed by atoms with Crippen LogP contribution < -0.4 is 5.32 Å². The molecule has 116 valence electrons. The molecule has 0 fully saturated rings. The first kappa shape index (κ1) is 16.2. The van der Waals surface area contributed by atoms with Crippen LogP contribution in [0.3, 0.4) is 0 Å². The highest BCUT2D eigenvalue weighted by Crippen LogP contribution is 2.31. The Balaban J connectivity index is 0.00000176. The molecule has 2 N–H and O–H groups in total. The van der Waals surface area contributed by atoms with Gasteiger partial charge >= 0.3 is 0 Å². The molecule has 0 saturated carbocycles. The molecule has 22 heavy (non-hydrogen) atoms. The zero-order valence-corrected chi connectivity index (χ0v) is 11.8. The van der Waals surface area contributed by atoms with Crippen molar-refractivity contribution in [2.75, 3.05) is 0 Å². The average Bonchev–Trinajstić information content (AvgIpc) is 2.82. The molecule has 0 saturated heterocycles. The predicted octanol–water partition coefficient (Wildman–Crippen LogP) is 3.03. The predicted molar refractivity (Wildman–Crippen MR) is 88.5 cm³/mol. The van der Waals surface area contributed by atoms with E-state index in [9.17, 15) is 9.90 Å². The molecule has 2 aromatic carbocycles. The first-order valence-electron chi connectivity index (χ1n) is 7.33. The molecule has 1 aliphatic carbocycles. The minimum Gasteiger partial charge on any atom is -0.390 e. The van der Waals surface area contributed by atoms with Crippen molar-refractivity contribution in [2.24, 2.45) is 0 Å². The number of nitrogens with one attached hydrogen (secondary N) is 1. The first-order chi connectivity index (χ1) is 10.2. The van der Waals surface area contributed by atoms with Gasteiger partial charge < -0.3 is 10.4 Å². The van der Waals surface area contributed by atoms with Crippen molar-refractivity contribution in [1.29, 1.82) is 0 Å². The fraction of sp³-hybridized carbons (Fsp3) is 0.316. The van der Waals surface area contributed by atoms with Gasteiger partial charge in [-0.25, -0.2) is 0 Å². The van der Waals surface area contributed by atoms with Gasteiger partial charge in [0, 0.05) is 12.8 Å². The Morgan fingerprint density at radius 1 is 1.09 bits per heavy atom. The van der Waals surface area contributed by atoms with E-state index in [2.05, 4.69) is 5.32 Å². The van der Waals surface area contributed by atoms with Gasteiger partial charge in [0.05, 0.1) is 12.1 Å². The minimum atomic E-state index is -0.525. The summed E-state index contributed by atoms with van der Waals surface area (Å²) < 4.78 is 0. The molecule has 1 aliphatic rings. The van der Waals surface area contributed by atoms with Crippen molar-refractivity contribution in [3.05, 3.63) is 71.3 Å². The van der Waals surface area contributed by atoms with Crippen LogP contribution >= 0.6 is 0 Å². The van der Waals surface area contributed by atoms with Gasteiger partial charge in [-0.15, -0.1) is 0 Å². The summed E-state index contributed by atoms with van der Waals surface area (Å²) in [7, 11) is 0. The summed E-state index contributed by atoms with van der Waals surface area (Å²) in [6, 6.07) is 17.6. The summed E-state index contributed by atoms with van der Waals surface area (Å²) in [5, 5.41) is 13.1. The summed E-state index contributed by atoms with van der Waals surface area (Å²) in [5.41, 5.74) is 3.32. The van der Waals surface area contributed by atoms with Crippen molar-refractivity contribution in [1.82, 2.24) is 5.32 Å². The maximum atomic E-state index is 12.1. The highest BCUT2D eigenvalue weighted by Gasteiger charge is 2.31. The standard InChI is InChI=1S/C18H19NO2.CH4/c20-16-12-14-8-4-5-9-15(14)18(16)19-17(21)11-10-13-6-2-1-3-7-13;/h1-9,16,18,20H,10-12H2,(H,19,21);1H4/t16-,18+;/m1./s1.